The Morgan fingerprint density at radius 2 is 1.53 bits per heavy atom. The Morgan fingerprint density at radius 3 is 2.26 bits per heavy atom. The van der Waals surface area contributed by atoms with Crippen LogP contribution in [0.2, 0.25) is 0 Å². The van der Waals surface area contributed by atoms with Gasteiger partial charge < -0.3 is 34.6 Å². The molecule has 13 heteroatoms. The summed E-state index contributed by atoms with van der Waals surface area (Å²) in [5.74, 6) is -0.380. The van der Waals surface area contributed by atoms with Gasteiger partial charge in [-0.25, -0.2) is 4.98 Å². The summed E-state index contributed by atoms with van der Waals surface area (Å²) in [5, 5.41) is 8.69. The maximum absolute atomic E-state index is 13.2. The van der Waals surface area contributed by atoms with Crippen molar-refractivity contribution in [1.29, 1.82) is 0 Å². The van der Waals surface area contributed by atoms with Crippen molar-refractivity contribution in [2.45, 2.75) is 57.8 Å². The Kier molecular flexibility index (Phi) is 12.3. The number of nitrogens with one attached hydrogen (secondary N) is 4. The molecule has 1 saturated carbocycles. The van der Waals surface area contributed by atoms with E-state index >= 15 is 0 Å². The smallest absolute Gasteiger partial charge is 0.267 e. The highest BCUT2D eigenvalue weighted by Gasteiger charge is 2.23. The molecule has 1 aliphatic carbocycles. The van der Waals surface area contributed by atoms with E-state index in [-0.39, 0.29) is 60.3 Å². The van der Waals surface area contributed by atoms with Gasteiger partial charge in [0.2, 0.25) is 17.6 Å². The third-order valence-corrected chi connectivity index (χ3v) is 8.50. The van der Waals surface area contributed by atoms with E-state index in [1.165, 1.54) is 4.90 Å². The number of rotatable bonds is 17. The van der Waals surface area contributed by atoms with E-state index in [0.29, 0.717) is 47.8 Å². The van der Waals surface area contributed by atoms with Crippen LogP contribution in [-0.2, 0) is 43.6 Å². The predicted molar refractivity (Wildman–Crippen MR) is 178 cm³/mol. The third kappa shape index (κ3) is 9.98. The van der Waals surface area contributed by atoms with Gasteiger partial charge >= 0.3 is 0 Å². The number of imidazole rings is 1. The molecule has 4 N–H and O–H groups in total. The topological polar surface area (TPSA) is 154 Å². The van der Waals surface area contributed by atoms with Crippen LogP contribution in [0.4, 0.5) is 5.69 Å². The van der Waals surface area contributed by atoms with Crippen molar-refractivity contribution in [2.75, 3.05) is 39.0 Å². The van der Waals surface area contributed by atoms with Gasteiger partial charge in [-0.3, -0.25) is 24.0 Å². The molecule has 254 valence electrons. The Bertz CT molecular complexity index is 1590. The van der Waals surface area contributed by atoms with Gasteiger partial charge in [0.1, 0.15) is 5.69 Å². The summed E-state index contributed by atoms with van der Waals surface area (Å²) < 4.78 is 4.98. The fourth-order valence-corrected chi connectivity index (χ4v) is 6.01. The zero-order valence-electron chi connectivity index (χ0n) is 28.3. The maximum atomic E-state index is 13.2. The molecule has 3 heterocycles. The minimum absolute atomic E-state index is 0.0158. The lowest BCUT2D eigenvalue weighted by atomic mass is 10.1. The standard InChI is InChI=1S/C34H48N8O5/c1-39(2)15-9-14-36-34(47)28-16-23(20-40(28)3)17-30(44)32-38-26(22-42(32)5)19-29(43)27-18-25(21-41(27)4)37-31(45)12-8-13-35-33(46)24-10-6-7-11-24/h16,18,20-22,24H,6-15,17,19H2,1-5H3,(H,35,46)(H,36,47)(H,37,45)/p+1. The molecule has 0 unspecified atom stereocenters. The first-order valence-electron chi connectivity index (χ1n) is 16.5. The van der Waals surface area contributed by atoms with E-state index in [1.807, 2.05) is 0 Å². The molecular formula is C34H49N8O5+. The van der Waals surface area contributed by atoms with E-state index in [2.05, 4.69) is 35.0 Å². The second kappa shape index (κ2) is 16.3. The van der Waals surface area contributed by atoms with Gasteiger partial charge in [0.15, 0.2) is 11.6 Å². The van der Waals surface area contributed by atoms with Gasteiger partial charge in [0.25, 0.3) is 5.91 Å². The first-order chi connectivity index (χ1) is 22.4. The number of Topliss-reactive ketones (excluding diaryl/α,β-unsaturated/α-hetero) is 2. The average molecular weight is 650 g/mol. The van der Waals surface area contributed by atoms with Gasteiger partial charge in [0.05, 0.1) is 44.1 Å². The summed E-state index contributed by atoms with van der Waals surface area (Å²) in [5.41, 5.74) is 2.56. The number of hydrogen-bond acceptors (Lipinski definition) is 6. The molecule has 0 bridgehead atoms. The van der Waals surface area contributed by atoms with Crippen LogP contribution in [0.15, 0.2) is 30.7 Å². The molecule has 0 atom stereocenters. The first kappa shape index (κ1) is 35.3. The summed E-state index contributed by atoms with van der Waals surface area (Å²) in [6.07, 6.45) is 10.9. The molecule has 3 amide bonds. The number of ketones is 2. The number of amides is 3. The van der Waals surface area contributed by atoms with Gasteiger partial charge in [-0.1, -0.05) is 12.8 Å². The molecular weight excluding hydrogens is 600 g/mol. The molecule has 1 aliphatic rings. The SMILES string of the molecule is Cn1cc(NC(=O)CCCNC(=O)C2CCCC2)cc1C(=O)Cc1cn(C)c(C(=O)Cc2cc(C(=O)NCCC[NH+](C)C)n(C)c2)n1. The minimum atomic E-state index is -0.223. The fraction of sp³-hybridized carbons (Fsp3) is 0.529. The van der Waals surface area contributed by atoms with Gasteiger partial charge in [-0.05, 0) is 37.0 Å². The molecule has 0 saturated heterocycles. The Hall–Kier alpha value is -4.52. The summed E-state index contributed by atoms with van der Waals surface area (Å²) in [7, 11) is 9.35. The van der Waals surface area contributed by atoms with Crippen molar-refractivity contribution in [2.24, 2.45) is 27.1 Å². The predicted octanol–water partition coefficient (Wildman–Crippen LogP) is 1.24. The van der Waals surface area contributed by atoms with Crippen LogP contribution in [0.5, 0.6) is 0 Å². The number of anilines is 1. The van der Waals surface area contributed by atoms with E-state index in [1.54, 1.807) is 65.6 Å². The molecule has 13 nitrogen and oxygen atoms in total. The Balaban J connectivity index is 1.26. The highest BCUT2D eigenvalue weighted by atomic mass is 16.2. The number of carbonyl (C=O) groups excluding carboxylic acids is 5. The minimum Gasteiger partial charge on any atom is -0.356 e. The van der Waals surface area contributed by atoms with Crippen molar-refractivity contribution >= 4 is 35.0 Å². The normalized spacial score (nSPS) is 13.2. The number of aryl methyl sites for hydroxylation is 3. The lowest BCUT2D eigenvalue weighted by Crippen LogP contribution is -3.05. The van der Waals surface area contributed by atoms with Crippen LogP contribution in [0.3, 0.4) is 0 Å². The highest BCUT2D eigenvalue weighted by Crippen LogP contribution is 2.24. The van der Waals surface area contributed by atoms with Crippen LogP contribution in [0, 0.1) is 5.92 Å². The molecule has 4 rings (SSSR count). The van der Waals surface area contributed by atoms with Gasteiger partial charge in [-0.2, -0.15) is 0 Å². The summed E-state index contributed by atoms with van der Waals surface area (Å²) in [4.78, 5) is 69.4. The number of quaternary nitrogens is 1. The van der Waals surface area contributed by atoms with E-state index in [4.69, 9.17) is 0 Å². The zero-order valence-corrected chi connectivity index (χ0v) is 28.3. The van der Waals surface area contributed by atoms with E-state index in [9.17, 15) is 24.0 Å². The van der Waals surface area contributed by atoms with Crippen molar-refractivity contribution in [3.63, 3.8) is 0 Å². The zero-order chi connectivity index (χ0) is 34.1. The molecule has 0 aliphatic heterocycles. The van der Waals surface area contributed by atoms with Gasteiger partial charge in [-0.15, -0.1) is 0 Å². The molecule has 3 aromatic heterocycles. The Labute approximate surface area is 276 Å². The molecule has 0 spiro atoms. The Morgan fingerprint density at radius 1 is 0.830 bits per heavy atom. The monoisotopic (exact) mass is 649 g/mol. The van der Waals surface area contributed by atoms with Crippen molar-refractivity contribution < 1.29 is 28.9 Å². The van der Waals surface area contributed by atoms with Crippen LogP contribution in [-0.4, -0.2) is 81.7 Å². The molecule has 1 fully saturated rings. The quantitative estimate of drug-likeness (QED) is 0.128. The second-order valence-electron chi connectivity index (χ2n) is 12.9. The second-order valence-corrected chi connectivity index (χ2v) is 12.9. The highest BCUT2D eigenvalue weighted by molar-refractivity contribution is 5.99. The average Bonchev–Trinajstić information content (AvgIpc) is 3.81. The number of nitrogens with zero attached hydrogens (tertiary/aromatic N) is 4. The third-order valence-electron chi connectivity index (χ3n) is 8.50. The first-order valence-corrected chi connectivity index (χ1v) is 16.5. The summed E-state index contributed by atoms with van der Waals surface area (Å²) in [6.45, 7) is 2.00. The molecule has 0 aromatic carbocycles. The lowest BCUT2D eigenvalue weighted by Gasteiger charge is -2.10. The van der Waals surface area contributed by atoms with Crippen LogP contribution >= 0.6 is 0 Å². The molecule has 3 aromatic rings. The van der Waals surface area contributed by atoms with E-state index in [0.717, 1.165) is 38.6 Å². The van der Waals surface area contributed by atoms with Crippen molar-refractivity contribution in [1.82, 2.24) is 29.3 Å². The van der Waals surface area contributed by atoms with Crippen LogP contribution in [0.25, 0.3) is 0 Å². The number of carbonyl (C=O) groups is 5. The van der Waals surface area contributed by atoms with Gasteiger partial charge in [0, 0.05) is 78.0 Å². The van der Waals surface area contributed by atoms with Crippen LogP contribution in [0.1, 0.15) is 87.8 Å². The molecule has 47 heavy (non-hydrogen) atoms. The number of aromatic nitrogens is 4. The van der Waals surface area contributed by atoms with Crippen molar-refractivity contribution in [3.8, 4) is 0 Å². The largest absolute Gasteiger partial charge is 0.356 e. The van der Waals surface area contributed by atoms with E-state index < -0.39 is 0 Å². The summed E-state index contributed by atoms with van der Waals surface area (Å²) in [6, 6.07) is 3.35. The number of hydrogen-bond donors (Lipinski definition) is 4. The fourth-order valence-electron chi connectivity index (χ4n) is 6.01. The van der Waals surface area contributed by atoms with Crippen LogP contribution < -0.4 is 20.9 Å². The lowest BCUT2D eigenvalue weighted by molar-refractivity contribution is -0.858. The maximum Gasteiger partial charge on any atom is 0.267 e. The van der Waals surface area contributed by atoms with Crippen molar-refractivity contribution in [3.05, 3.63) is 59.2 Å². The molecule has 0 radical (unpaired) electrons. The summed E-state index contributed by atoms with van der Waals surface area (Å²) >= 11 is 0.